The molecule has 0 fully saturated rings. The van der Waals surface area contributed by atoms with Crippen molar-refractivity contribution >= 4 is 33.3 Å². The molecule has 3 rings (SSSR count). The van der Waals surface area contributed by atoms with E-state index in [0.29, 0.717) is 11.3 Å². The molecule has 3 aromatic rings. The van der Waals surface area contributed by atoms with Crippen molar-refractivity contribution < 1.29 is 32.2 Å². The van der Waals surface area contributed by atoms with E-state index < -0.39 is 21.9 Å². The summed E-state index contributed by atoms with van der Waals surface area (Å²) in [7, 11) is 0.0650. The first kappa shape index (κ1) is 25.6. The Morgan fingerprint density at radius 1 is 0.857 bits per heavy atom. The molecule has 3 aromatic carbocycles. The van der Waals surface area contributed by atoms with Crippen molar-refractivity contribution in [3.63, 3.8) is 0 Å². The van der Waals surface area contributed by atoms with Crippen LogP contribution in [0.15, 0.2) is 59.5 Å². The number of hydrogen-bond donors (Lipinski definition) is 2. The molecule has 0 spiro atoms. The number of benzene rings is 3. The summed E-state index contributed by atoms with van der Waals surface area (Å²) >= 11 is 0. The summed E-state index contributed by atoms with van der Waals surface area (Å²) < 4.78 is 44.0. The van der Waals surface area contributed by atoms with Gasteiger partial charge in [0.05, 0.1) is 37.5 Å². The second-order valence-electron chi connectivity index (χ2n) is 7.65. The van der Waals surface area contributed by atoms with Gasteiger partial charge in [-0.05, 0) is 49.2 Å². The van der Waals surface area contributed by atoms with Crippen LogP contribution in [0.25, 0.3) is 0 Å². The minimum Gasteiger partial charge on any atom is -0.493 e. The number of carbonyl (C=O) groups excluding carboxylic acids is 2. The molecule has 35 heavy (non-hydrogen) atoms. The number of aryl methyl sites for hydroxylation is 2. The van der Waals surface area contributed by atoms with E-state index in [1.54, 1.807) is 25.1 Å². The Kier molecular flexibility index (Phi) is 7.65. The first-order chi connectivity index (χ1) is 16.6. The fraction of sp³-hybridized carbons (Fsp3) is 0.200. The molecule has 1 amide bonds. The number of amides is 1. The summed E-state index contributed by atoms with van der Waals surface area (Å²) in [5.41, 5.74) is 1.99. The number of methoxy groups -OCH3 is 3. The van der Waals surface area contributed by atoms with Crippen LogP contribution in [0.3, 0.4) is 0 Å². The van der Waals surface area contributed by atoms with E-state index in [1.807, 2.05) is 13.0 Å². The van der Waals surface area contributed by atoms with Gasteiger partial charge in [-0.1, -0.05) is 18.2 Å². The highest BCUT2D eigenvalue weighted by molar-refractivity contribution is 7.92. The molecule has 2 N–H and O–H groups in total. The first-order valence-corrected chi connectivity index (χ1v) is 11.9. The summed E-state index contributed by atoms with van der Waals surface area (Å²) in [6, 6.07) is 14.1. The van der Waals surface area contributed by atoms with Gasteiger partial charge in [0.2, 0.25) is 0 Å². The molecule has 9 nitrogen and oxygen atoms in total. The smallest absolute Gasteiger partial charge is 0.340 e. The standard InChI is InChI=1S/C25H26N2O7S/c1-15-7-6-8-18(11-15)27-35(30,31)23-12-17(10-9-16(23)2)24(28)26-20-14-22(33-4)21(32-3)13-19(20)25(29)34-5/h6-14,27H,1-5H3,(H,26,28). The summed E-state index contributed by atoms with van der Waals surface area (Å²) in [5, 5.41) is 2.63. The van der Waals surface area contributed by atoms with Gasteiger partial charge in [-0.3, -0.25) is 9.52 Å². The average molecular weight is 499 g/mol. The van der Waals surface area contributed by atoms with Gasteiger partial charge in [0.1, 0.15) is 0 Å². The van der Waals surface area contributed by atoms with Gasteiger partial charge in [-0.15, -0.1) is 0 Å². The van der Waals surface area contributed by atoms with Gasteiger partial charge in [0, 0.05) is 23.4 Å². The Morgan fingerprint density at radius 2 is 1.54 bits per heavy atom. The highest BCUT2D eigenvalue weighted by Gasteiger charge is 2.22. The van der Waals surface area contributed by atoms with Crippen molar-refractivity contribution in [2.24, 2.45) is 0 Å². The lowest BCUT2D eigenvalue weighted by Gasteiger charge is -2.15. The summed E-state index contributed by atoms with van der Waals surface area (Å²) in [5.74, 6) is -0.771. The Balaban J connectivity index is 1.97. The molecule has 0 saturated heterocycles. The lowest BCUT2D eigenvalue weighted by atomic mass is 10.1. The Labute approximate surface area is 204 Å². The van der Waals surface area contributed by atoms with Crippen LogP contribution >= 0.6 is 0 Å². The van der Waals surface area contributed by atoms with E-state index >= 15 is 0 Å². The van der Waals surface area contributed by atoms with Crippen molar-refractivity contribution in [3.8, 4) is 11.5 Å². The number of anilines is 2. The maximum atomic E-state index is 13.1. The van der Waals surface area contributed by atoms with Crippen LogP contribution in [0.2, 0.25) is 0 Å². The zero-order valence-electron chi connectivity index (χ0n) is 20.0. The summed E-state index contributed by atoms with van der Waals surface area (Å²) in [4.78, 5) is 25.3. The molecule has 0 atom stereocenters. The van der Waals surface area contributed by atoms with E-state index in [-0.39, 0.29) is 33.2 Å². The molecule has 0 heterocycles. The van der Waals surface area contributed by atoms with E-state index in [1.165, 1.54) is 51.7 Å². The lowest BCUT2D eigenvalue weighted by molar-refractivity contribution is 0.0601. The monoisotopic (exact) mass is 498 g/mol. The van der Waals surface area contributed by atoms with Crippen LogP contribution in [0.1, 0.15) is 31.8 Å². The molecular formula is C25H26N2O7S. The van der Waals surface area contributed by atoms with Crippen LogP contribution in [-0.2, 0) is 14.8 Å². The molecule has 0 radical (unpaired) electrons. The minimum absolute atomic E-state index is 0.0413. The third-order valence-corrected chi connectivity index (χ3v) is 6.71. The van der Waals surface area contributed by atoms with Crippen LogP contribution in [0.4, 0.5) is 11.4 Å². The highest BCUT2D eigenvalue weighted by Crippen LogP contribution is 2.34. The fourth-order valence-electron chi connectivity index (χ4n) is 3.41. The maximum absolute atomic E-state index is 13.1. The van der Waals surface area contributed by atoms with Gasteiger partial charge >= 0.3 is 5.97 Å². The van der Waals surface area contributed by atoms with Gasteiger partial charge in [0.15, 0.2) is 11.5 Å². The number of sulfonamides is 1. The topological polar surface area (TPSA) is 120 Å². The van der Waals surface area contributed by atoms with Crippen molar-refractivity contribution in [1.29, 1.82) is 0 Å². The Bertz CT molecular complexity index is 1380. The third kappa shape index (κ3) is 5.72. The molecule has 0 aliphatic heterocycles. The molecule has 184 valence electrons. The van der Waals surface area contributed by atoms with Gasteiger partial charge in [-0.2, -0.15) is 0 Å². The normalized spacial score (nSPS) is 10.9. The van der Waals surface area contributed by atoms with Gasteiger partial charge in [0.25, 0.3) is 15.9 Å². The third-order valence-electron chi connectivity index (χ3n) is 5.19. The van der Waals surface area contributed by atoms with Gasteiger partial charge < -0.3 is 19.5 Å². The summed E-state index contributed by atoms with van der Waals surface area (Å²) in [6.07, 6.45) is 0. The number of nitrogens with one attached hydrogen (secondary N) is 2. The molecule has 0 unspecified atom stereocenters. The molecule has 0 aromatic heterocycles. The van der Waals surface area contributed by atoms with E-state index in [4.69, 9.17) is 14.2 Å². The van der Waals surface area contributed by atoms with Crippen molar-refractivity contribution in [2.45, 2.75) is 18.7 Å². The van der Waals surface area contributed by atoms with Crippen molar-refractivity contribution in [1.82, 2.24) is 0 Å². The van der Waals surface area contributed by atoms with Crippen LogP contribution < -0.4 is 19.5 Å². The molecular weight excluding hydrogens is 472 g/mol. The zero-order valence-corrected chi connectivity index (χ0v) is 20.8. The number of hydrogen-bond acceptors (Lipinski definition) is 7. The van der Waals surface area contributed by atoms with Crippen molar-refractivity contribution in [3.05, 3.63) is 76.9 Å². The second kappa shape index (κ2) is 10.5. The number of rotatable bonds is 8. The second-order valence-corrected chi connectivity index (χ2v) is 9.30. The fourth-order valence-corrected chi connectivity index (χ4v) is 4.73. The van der Waals surface area contributed by atoms with E-state index in [2.05, 4.69) is 10.0 Å². The molecule has 0 saturated carbocycles. The zero-order chi connectivity index (χ0) is 25.8. The number of esters is 1. The predicted octanol–water partition coefficient (Wildman–Crippen LogP) is 4.16. The molecule has 0 bridgehead atoms. The number of ether oxygens (including phenoxy) is 3. The predicted molar refractivity (Wildman–Crippen MR) is 132 cm³/mol. The Morgan fingerprint density at radius 3 is 2.17 bits per heavy atom. The molecule has 0 aliphatic carbocycles. The van der Waals surface area contributed by atoms with Gasteiger partial charge in [-0.25, -0.2) is 13.2 Å². The summed E-state index contributed by atoms with van der Waals surface area (Å²) in [6.45, 7) is 3.49. The van der Waals surface area contributed by atoms with E-state index in [9.17, 15) is 18.0 Å². The SMILES string of the molecule is COC(=O)c1cc(OC)c(OC)cc1NC(=O)c1ccc(C)c(S(=O)(=O)Nc2cccc(C)c2)c1. The Hall–Kier alpha value is -4.05. The average Bonchev–Trinajstić information content (AvgIpc) is 2.83. The number of carbonyl (C=O) groups is 2. The minimum atomic E-state index is -3.98. The lowest BCUT2D eigenvalue weighted by Crippen LogP contribution is -2.18. The first-order valence-electron chi connectivity index (χ1n) is 10.5. The van der Waals surface area contributed by atoms with Crippen LogP contribution in [0, 0.1) is 13.8 Å². The quantitative estimate of drug-likeness (QED) is 0.448. The molecule has 10 heteroatoms. The highest BCUT2D eigenvalue weighted by atomic mass is 32.2. The van der Waals surface area contributed by atoms with Crippen molar-refractivity contribution in [2.75, 3.05) is 31.4 Å². The van der Waals surface area contributed by atoms with E-state index in [0.717, 1.165) is 5.56 Å². The van der Waals surface area contributed by atoms with Crippen LogP contribution in [0.5, 0.6) is 11.5 Å². The maximum Gasteiger partial charge on any atom is 0.340 e. The van der Waals surface area contributed by atoms with Crippen LogP contribution in [-0.4, -0.2) is 41.6 Å². The largest absolute Gasteiger partial charge is 0.493 e. The molecule has 0 aliphatic rings.